The molecule has 94 valence electrons. The summed E-state index contributed by atoms with van der Waals surface area (Å²) in [6.45, 7) is 2.08. The largest absolute Gasteiger partial charge is 0.497 e. The van der Waals surface area contributed by atoms with Gasteiger partial charge in [0.25, 0.3) is 0 Å². The third-order valence-electron chi connectivity index (χ3n) is 2.63. The van der Waals surface area contributed by atoms with Crippen LogP contribution >= 0.6 is 15.9 Å². The van der Waals surface area contributed by atoms with Crippen LogP contribution < -0.4 is 10.1 Å². The van der Waals surface area contributed by atoms with Crippen LogP contribution in [-0.4, -0.2) is 12.1 Å². The van der Waals surface area contributed by atoms with Gasteiger partial charge in [-0.3, -0.25) is 0 Å². The van der Waals surface area contributed by atoms with E-state index in [2.05, 4.69) is 33.2 Å². The summed E-state index contributed by atoms with van der Waals surface area (Å²) in [6, 6.07) is 13.9. The summed E-state index contributed by atoms with van der Waals surface area (Å²) in [6.07, 6.45) is 0. The van der Waals surface area contributed by atoms with Crippen molar-refractivity contribution in [3.8, 4) is 5.75 Å². The first-order chi connectivity index (χ1) is 8.69. The number of hydrogen-bond acceptors (Lipinski definition) is 3. The van der Waals surface area contributed by atoms with E-state index >= 15 is 0 Å². The molecule has 1 N–H and O–H groups in total. The van der Waals surface area contributed by atoms with Gasteiger partial charge in [0.05, 0.1) is 18.8 Å². The van der Waals surface area contributed by atoms with Crippen molar-refractivity contribution in [3.63, 3.8) is 0 Å². The minimum Gasteiger partial charge on any atom is -0.497 e. The molecule has 0 saturated carbocycles. The van der Waals surface area contributed by atoms with E-state index in [9.17, 15) is 0 Å². The third kappa shape index (κ3) is 3.23. The Morgan fingerprint density at radius 3 is 2.72 bits per heavy atom. The summed E-state index contributed by atoms with van der Waals surface area (Å²) in [4.78, 5) is 4.43. The van der Waals surface area contributed by atoms with Gasteiger partial charge in [0.15, 0.2) is 0 Å². The summed E-state index contributed by atoms with van der Waals surface area (Å²) in [5.74, 6) is 0.842. The Balaban J connectivity index is 2.13. The van der Waals surface area contributed by atoms with Crippen LogP contribution in [0.2, 0.25) is 0 Å². The molecule has 2 aromatic rings. The highest BCUT2D eigenvalue weighted by Gasteiger charge is 2.07. The van der Waals surface area contributed by atoms with Gasteiger partial charge in [-0.2, -0.15) is 0 Å². The highest BCUT2D eigenvalue weighted by Crippen LogP contribution is 2.22. The molecule has 1 aromatic heterocycles. The van der Waals surface area contributed by atoms with Gasteiger partial charge in [-0.25, -0.2) is 4.98 Å². The molecular formula is C14H15BrN2O. The number of aromatic nitrogens is 1. The van der Waals surface area contributed by atoms with Crippen molar-refractivity contribution in [2.45, 2.75) is 13.0 Å². The highest BCUT2D eigenvalue weighted by atomic mass is 79.9. The summed E-state index contributed by atoms with van der Waals surface area (Å²) in [7, 11) is 1.67. The number of halogens is 1. The molecule has 0 aliphatic carbocycles. The Labute approximate surface area is 115 Å². The minimum atomic E-state index is 0.134. The molecule has 1 heterocycles. The molecule has 0 saturated heterocycles. The predicted octanol–water partition coefficient (Wildman–Crippen LogP) is 4.03. The first-order valence-corrected chi connectivity index (χ1v) is 6.51. The van der Waals surface area contributed by atoms with Crippen molar-refractivity contribution in [1.82, 2.24) is 4.98 Å². The molecule has 4 heteroatoms. The second-order valence-electron chi connectivity index (χ2n) is 3.98. The van der Waals surface area contributed by atoms with Gasteiger partial charge in [-0.15, -0.1) is 0 Å². The Morgan fingerprint density at radius 2 is 2.00 bits per heavy atom. The maximum absolute atomic E-state index is 5.20. The van der Waals surface area contributed by atoms with Crippen LogP contribution in [-0.2, 0) is 0 Å². The smallest absolute Gasteiger partial charge is 0.120 e. The number of anilines is 1. The SMILES string of the molecule is COc1cccc(N[C@@H](C)c2cccc(Br)n2)c1. The van der Waals surface area contributed by atoms with Crippen LogP contribution in [0, 0.1) is 0 Å². The van der Waals surface area contributed by atoms with Crippen molar-refractivity contribution in [2.24, 2.45) is 0 Å². The predicted molar refractivity (Wildman–Crippen MR) is 77.0 cm³/mol. The van der Waals surface area contributed by atoms with E-state index in [1.54, 1.807) is 7.11 Å². The van der Waals surface area contributed by atoms with E-state index in [1.807, 2.05) is 42.5 Å². The molecule has 0 fully saturated rings. The van der Waals surface area contributed by atoms with Crippen molar-refractivity contribution in [1.29, 1.82) is 0 Å². The van der Waals surface area contributed by atoms with Crippen molar-refractivity contribution >= 4 is 21.6 Å². The fraction of sp³-hybridized carbons (Fsp3) is 0.214. The van der Waals surface area contributed by atoms with Gasteiger partial charge in [0.1, 0.15) is 10.4 Å². The number of rotatable bonds is 4. The van der Waals surface area contributed by atoms with Gasteiger partial charge in [-0.05, 0) is 47.1 Å². The number of hydrogen-bond donors (Lipinski definition) is 1. The van der Waals surface area contributed by atoms with E-state index in [1.165, 1.54) is 0 Å². The molecule has 0 radical (unpaired) electrons. The van der Waals surface area contributed by atoms with Crippen LogP contribution in [0.3, 0.4) is 0 Å². The quantitative estimate of drug-likeness (QED) is 0.866. The van der Waals surface area contributed by atoms with Gasteiger partial charge in [-0.1, -0.05) is 12.1 Å². The van der Waals surface area contributed by atoms with Crippen LogP contribution in [0.5, 0.6) is 5.75 Å². The Bertz CT molecular complexity index is 531. The van der Waals surface area contributed by atoms with E-state index in [4.69, 9.17) is 4.74 Å². The lowest BCUT2D eigenvalue weighted by atomic mass is 10.2. The standard InChI is InChI=1S/C14H15BrN2O/c1-10(13-7-4-8-14(15)17-13)16-11-5-3-6-12(9-11)18-2/h3-10,16H,1-2H3/t10-/m0/s1. The van der Waals surface area contributed by atoms with E-state index in [0.717, 1.165) is 21.7 Å². The van der Waals surface area contributed by atoms with Crippen LogP contribution in [0.25, 0.3) is 0 Å². The Hall–Kier alpha value is -1.55. The summed E-state index contributed by atoms with van der Waals surface area (Å²) in [5, 5.41) is 3.40. The zero-order chi connectivity index (χ0) is 13.0. The maximum Gasteiger partial charge on any atom is 0.120 e. The molecule has 0 bridgehead atoms. The summed E-state index contributed by atoms with van der Waals surface area (Å²) >= 11 is 3.38. The molecule has 1 atom stereocenters. The first kappa shape index (κ1) is 12.9. The van der Waals surface area contributed by atoms with E-state index in [-0.39, 0.29) is 6.04 Å². The van der Waals surface area contributed by atoms with Crippen molar-refractivity contribution in [3.05, 3.63) is 52.8 Å². The van der Waals surface area contributed by atoms with Crippen molar-refractivity contribution < 1.29 is 4.74 Å². The van der Waals surface area contributed by atoms with Crippen molar-refractivity contribution in [2.75, 3.05) is 12.4 Å². The molecule has 0 aliphatic rings. The molecule has 0 spiro atoms. The molecule has 18 heavy (non-hydrogen) atoms. The second-order valence-corrected chi connectivity index (χ2v) is 4.80. The fourth-order valence-corrected chi connectivity index (χ4v) is 2.06. The van der Waals surface area contributed by atoms with Crippen LogP contribution in [0.1, 0.15) is 18.7 Å². The van der Waals surface area contributed by atoms with Gasteiger partial charge in [0.2, 0.25) is 0 Å². The lowest BCUT2D eigenvalue weighted by Gasteiger charge is -2.15. The number of ether oxygens (including phenoxy) is 1. The minimum absolute atomic E-state index is 0.134. The topological polar surface area (TPSA) is 34.1 Å². The second kappa shape index (κ2) is 5.87. The molecule has 0 unspecified atom stereocenters. The lowest BCUT2D eigenvalue weighted by molar-refractivity contribution is 0.415. The first-order valence-electron chi connectivity index (χ1n) is 5.72. The normalized spacial score (nSPS) is 11.9. The van der Waals surface area contributed by atoms with Gasteiger partial charge < -0.3 is 10.1 Å². The number of nitrogens with one attached hydrogen (secondary N) is 1. The molecule has 1 aromatic carbocycles. The maximum atomic E-state index is 5.20. The lowest BCUT2D eigenvalue weighted by Crippen LogP contribution is -2.08. The number of benzene rings is 1. The van der Waals surface area contributed by atoms with Gasteiger partial charge in [0, 0.05) is 11.8 Å². The zero-order valence-electron chi connectivity index (χ0n) is 10.4. The van der Waals surface area contributed by atoms with E-state index < -0.39 is 0 Å². The monoisotopic (exact) mass is 306 g/mol. The molecule has 3 nitrogen and oxygen atoms in total. The number of pyridine rings is 1. The zero-order valence-corrected chi connectivity index (χ0v) is 11.9. The van der Waals surface area contributed by atoms with Crippen LogP contribution in [0.15, 0.2) is 47.1 Å². The average Bonchev–Trinajstić information content (AvgIpc) is 2.39. The highest BCUT2D eigenvalue weighted by molar-refractivity contribution is 9.10. The summed E-state index contributed by atoms with van der Waals surface area (Å²) < 4.78 is 6.04. The fourth-order valence-electron chi connectivity index (χ4n) is 1.70. The number of methoxy groups -OCH3 is 1. The molecule has 2 rings (SSSR count). The van der Waals surface area contributed by atoms with Gasteiger partial charge >= 0.3 is 0 Å². The Kier molecular flexibility index (Phi) is 4.20. The van der Waals surface area contributed by atoms with Crippen LogP contribution in [0.4, 0.5) is 5.69 Å². The Morgan fingerprint density at radius 1 is 1.22 bits per heavy atom. The average molecular weight is 307 g/mol. The molecule has 0 amide bonds. The summed E-state index contributed by atoms with van der Waals surface area (Å²) in [5.41, 5.74) is 2.01. The van der Waals surface area contributed by atoms with E-state index in [0.29, 0.717) is 0 Å². The number of nitrogens with zero attached hydrogens (tertiary/aromatic N) is 1. The molecule has 0 aliphatic heterocycles. The third-order valence-corrected chi connectivity index (χ3v) is 3.07. The molecular weight excluding hydrogens is 292 g/mol.